The summed E-state index contributed by atoms with van der Waals surface area (Å²) in [6.07, 6.45) is 4.24. The summed E-state index contributed by atoms with van der Waals surface area (Å²) < 4.78 is 0. The first-order valence-corrected chi connectivity index (χ1v) is 10.9. The standard InChI is InChI=1S/C24H30O2S/c1-17-9-12-19(13-10-17)24(3)16-27-22-15-18(2)11-14-20(22)21(24)7-5-4-6-8-23(25)26/h9-15,21H,4-8,16H2,1-3H3,(H,25,26). The molecule has 2 unspecified atom stereocenters. The number of aliphatic carboxylic acids is 1. The Morgan fingerprint density at radius 3 is 2.48 bits per heavy atom. The highest BCUT2D eigenvalue weighted by molar-refractivity contribution is 7.99. The number of aryl methyl sites for hydroxylation is 2. The van der Waals surface area contributed by atoms with Gasteiger partial charge in [-0.25, -0.2) is 0 Å². The van der Waals surface area contributed by atoms with Crippen LogP contribution in [0, 0.1) is 13.8 Å². The zero-order chi connectivity index (χ0) is 19.4. The van der Waals surface area contributed by atoms with E-state index in [1.165, 1.54) is 27.1 Å². The Labute approximate surface area is 167 Å². The van der Waals surface area contributed by atoms with Crippen molar-refractivity contribution in [3.05, 3.63) is 64.7 Å². The molecule has 0 aliphatic carbocycles. The van der Waals surface area contributed by atoms with Crippen molar-refractivity contribution in [2.24, 2.45) is 0 Å². The van der Waals surface area contributed by atoms with Crippen molar-refractivity contribution in [3.8, 4) is 0 Å². The molecule has 1 heterocycles. The number of carboxylic acid groups (broad SMARTS) is 1. The Balaban J connectivity index is 1.86. The van der Waals surface area contributed by atoms with Gasteiger partial charge in [0, 0.05) is 22.5 Å². The molecule has 2 aromatic carbocycles. The quantitative estimate of drug-likeness (QED) is 0.556. The minimum atomic E-state index is -0.686. The van der Waals surface area contributed by atoms with E-state index in [1.807, 2.05) is 11.8 Å². The highest BCUT2D eigenvalue weighted by Gasteiger charge is 2.40. The molecule has 2 nitrogen and oxygen atoms in total. The van der Waals surface area contributed by atoms with E-state index < -0.39 is 5.97 Å². The van der Waals surface area contributed by atoms with Crippen molar-refractivity contribution < 1.29 is 9.90 Å². The van der Waals surface area contributed by atoms with Gasteiger partial charge in [0.25, 0.3) is 0 Å². The molecule has 2 aromatic rings. The predicted octanol–water partition coefficient (Wildman–Crippen LogP) is 6.49. The number of unbranched alkanes of at least 4 members (excludes halogenated alkanes) is 2. The van der Waals surface area contributed by atoms with Crippen molar-refractivity contribution in [2.75, 3.05) is 5.75 Å². The summed E-state index contributed by atoms with van der Waals surface area (Å²) in [5.41, 5.74) is 5.61. The van der Waals surface area contributed by atoms with Crippen LogP contribution < -0.4 is 0 Å². The van der Waals surface area contributed by atoms with Crippen LogP contribution in [0.3, 0.4) is 0 Å². The molecule has 3 rings (SSSR count). The molecule has 0 spiro atoms. The second kappa shape index (κ2) is 8.52. The van der Waals surface area contributed by atoms with Gasteiger partial charge in [0.1, 0.15) is 0 Å². The highest BCUT2D eigenvalue weighted by Crippen LogP contribution is 2.52. The Bertz CT molecular complexity index is 797. The van der Waals surface area contributed by atoms with Crippen LogP contribution in [0.5, 0.6) is 0 Å². The molecule has 0 radical (unpaired) electrons. The van der Waals surface area contributed by atoms with E-state index in [0.717, 1.165) is 31.4 Å². The van der Waals surface area contributed by atoms with Crippen molar-refractivity contribution in [3.63, 3.8) is 0 Å². The van der Waals surface area contributed by atoms with Crippen LogP contribution in [0.15, 0.2) is 47.4 Å². The van der Waals surface area contributed by atoms with Crippen LogP contribution >= 0.6 is 11.8 Å². The van der Waals surface area contributed by atoms with E-state index in [2.05, 4.69) is 63.2 Å². The Hall–Kier alpha value is -1.74. The van der Waals surface area contributed by atoms with Gasteiger partial charge in [-0.1, -0.05) is 67.3 Å². The summed E-state index contributed by atoms with van der Waals surface area (Å²) in [5, 5.41) is 8.87. The number of carboxylic acids is 1. The maximum atomic E-state index is 10.8. The smallest absolute Gasteiger partial charge is 0.303 e. The number of rotatable bonds is 7. The SMILES string of the molecule is Cc1ccc(C2(C)CSc3cc(C)ccc3C2CCCCCC(=O)O)cc1. The van der Waals surface area contributed by atoms with Gasteiger partial charge in [0.15, 0.2) is 0 Å². The first kappa shape index (κ1) is 20.0. The summed E-state index contributed by atoms with van der Waals surface area (Å²) in [4.78, 5) is 12.2. The van der Waals surface area contributed by atoms with Crippen LogP contribution in [0.1, 0.15) is 67.2 Å². The number of carbonyl (C=O) groups is 1. The number of thioether (sulfide) groups is 1. The highest BCUT2D eigenvalue weighted by atomic mass is 32.2. The average Bonchev–Trinajstić information content (AvgIpc) is 2.63. The monoisotopic (exact) mass is 382 g/mol. The topological polar surface area (TPSA) is 37.3 Å². The minimum Gasteiger partial charge on any atom is -0.481 e. The summed E-state index contributed by atoms with van der Waals surface area (Å²) in [6, 6.07) is 15.9. The number of hydrogen-bond donors (Lipinski definition) is 1. The first-order chi connectivity index (χ1) is 12.9. The molecule has 0 amide bonds. The molecular formula is C24H30O2S. The summed E-state index contributed by atoms with van der Waals surface area (Å²) >= 11 is 1.98. The molecule has 0 aromatic heterocycles. The Morgan fingerprint density at radius 1 is 1.07 bits per heavy atom. The summed E-state index contributed by atoms with van der Waals surface area (Å²) in [6.45, 7) is 6.71. The van der Waals surface area contributed by atoms with Gasteiger partial charge < -0.3 is 5.11 Å². The molecule has 0 saturated heterocycles. The number of fused-ring (bicyclic) bond motifs is 1. The Morgan fingerprint density at radius 2 is 1.78 bits per heavy atom. The fourth-order valence-electron chi connectivity index (χ4n) is 4.22. The van der Waals surface area contributed by atoms with Crippen molar-refractivity contribution in [1.82, 2.24) is 0 Å². The van der Waals surface area contributed by atoms with Gasteiger partial charge in [0.2, 0.25) is 0 Å². The molecule has 0 bridgehead atoms. The van der Waals surface area contributed by atoms with E-state index in [9.17, 15) is 4.79 Å². The van der Waals surface area contributed by atoms with Crippen molar-refractivity contribution >= 4 is 17.7 Å². The lowest BCUT2D eigenvalue weighted by atomic mass is 9.67. The largest absolute Gasteiger partial charge is 0.481 e. The molecule has 1 aliphatic heterocycles. The molecule has 27 heavy (non-hydrogen) atoms. The third-order valence-corrected chi connectivity index (χ3v) is 7.34. The van der Waals surface area contributed by atoms with Gasteiger partial charge in [-0.3, -0.25) is 4.79 Å². The average molecular weight is 383 g/mol. The molecule has 3 heteroatoms. The first-order valence-electron chi connectivity index (χ1n) is 9.92. The van der Waals surface area contributed by atoms with Gasteiger partial charge in [0.05, 0.1) is 0 Å². The van der Waals surface area contributed by atoms with Gasteiger partial charge in [-0.05, 0) is 49.8 Å². The summed E-state index contributed by atoms with van der Waals surface area (Å²) in [7, 11) is 0. The van der Waals surface area contributed by atoms with E-state index in [1.54, 1.807) is 0 Å². The maximum Gasteiger partial charge on any atom is 0.303 e. The van der Waals surface area contributed by atoms with Crippen LogP contribution in [0.25, 0.3) is 0 Å². The zero-order valence-electron chi connectivity index (χ0n) is 16.6. The normalized spacial score (nSPS) is 21.7. The van der Waals surface area contributed by atoms with E-state index in [-0.39, 0.29) is 11.8 Å². The third-order valence-electron chi connectivity index (χ3n) is 5.94. The number of hydrogen-bond acceptors (Lipinski definition) is 2. The fourth-order valence-corrected chi connectivity index (χ4v) is 5.69. The van der Waals surface area contributed by atoms with Crippen molar-refractivity contribution in [2.45, 2.75) is 69.1 Å². The lowest BCUT2D eigenvalue weighted by Gasteiger charge is -2.43. The summed E-state index contributed by atoms with van der Waals surface area (Å²) in [5.74, 6) is 0.878. The second-order valence-corrected chi connectivity index (χ2v) is 9.18. The van der Waals surface area contributed by atoms with Gasteiger partial charge in [-0.15, -0.1) is 11.8 Å². The number of benzene rings is 2. The molecule has 2 atom stereocenters. The molecular weight excluding hydrogens is 352 g/mol. The molecule has 0 fully saturated rings. The lowest BCUT2D eigenvalue weighted by Crippen LogP contribution is -2.36. The lowest BCUT2D eigenvalue weighted by molar-refractivity contribution is -0.137. The zero-order valence-corrected chi connectivity index (χ0v) is 17.4. The van der Waals surface area contributed by atoms with Crippen LogP contribution in [-0.2, 0) is 10.2 Å². The van der Waals surface area contributed by atoms with Crippen molar-refractivity contribution in [1.29, 1.82) is 0 Å². The molecule has 144 valence electrons. The van der Waals surface area contributed by atoms with E-state index in [4.69, 9.17) is 5.11 Å². The predicted molar refractivity (Wildman–Crippen MR) is 114 cm³/mol. The van der Waals surface area contributed by atoms with Crippen LogP contribution in [-0.4, -0.2) is 16.8 Å². The van der Waals surface area contributed by atoms with Crippen LogP contribution in [0.2, 0.25) is 0 Å². The van der Waals surface area contributed by atoms with Gasteiger partial charge >= 0.3 is 5.97 Å². The maximum absolute atomic E-state index is 10.8. The molecule has 0 saturated carbocycles. The van der Waals surface area contributed by atoms with Gasteiger partial charge in [-0.2, -0.15) is 0 Å². The van der Waals surface area contributed by atoms with Crippen LogP contribution in [0.4, 0.5) is 0 Å². The van der Waals surface area contributed by atoms with E-state index >= 15 is 0 Å². The third kappa shape index (κ3) is 4.57. The molecule has 1 N–H and O–H groups in total. The molecule has 1 aliphatic rings. The second-order valence-electron chi connectivity index (χ2n) is 8.16. The minimum absolute atomic E-state index is 0.105. The fraction of sp³-hybridized carbons (Fsp3) is 0.458. The van der Waals surface area contributed by atoms with E-state index in [0.29, 0.717) is 5.92 Å². The Kier molecular flexibility index (Phi) is 6.31.